The fourth-order valence-corrected chi connectivity index (χ4v) is 1.22. The summed E-state index contributed by atoms with van der Waals surface area (Å²) >= 11 is 5.90. The number of aliphatic hydroxyl groups is 1. The molecule has 0 bridgehead atoms. The monoisotopic (exact) mass is 238 g/mol. The van der Waals surface area contributed by atoms with Crippen molar-refractivity contribution < 1.29 is 14.6 Å². The molecule has 0 amide bonds. The van der Waals surface area contributed by atoms with E-state index >= 15 is 0 Å². The van der Waals surface area contributed by atoms with E-state index in [2.05, 4.69) is 16.6 Å². The van der Waals surface area contributed by atoms with Gasteiger partial charge in [-0.25, -0.2) is 0 Å². The fraction of sp³-hybridized carbons (Fsp3) is 0.250. The Morgan fingerprint density at radius 2 is 2.31 bits per heavy atom. The lowest BCUT2D eigenvalue weighted by Crippen LogP contribution is -1.97. The first kappa shape index (κ1) is 12.6. The van der Waals surface area contributed by atoms with E-state index in [1.165, 1.54) is 7.11 Å². The lowest BCUT2D eigenvalue weighted by molar-refractivity contribution is -0.139. The molecule has 0 aliphatic heterocycles. The third kappa shape index (κ3) is 3.58. The number of carbonyl (C=O) groups excluding carboxylic acids is 1. The molecule has 0 heterocycles. The van der Waals surface area contributed by atoms with E-state index in [1.54, 1.807) is 18.2 Å². The van der Waals surface area contributed by atoms with Crippen molar-refractivity contribution in [2.24, 2.45) is 0 Å². The molecule has 4 heteroatoms. The van der Waals surface area contributed by atoms with Gasteiger partial charge in [0.05, 0.1) is 18.7 Å². The molecule has 0 saturated heterocycles. The summed E-state index contributed by atoms with van der Waals surface area (Å²) in [6.07, 6.45) is 0.0240. The smallest absolute Gasteiger partial charge is 0.317 e. The molecule has 0 fully saturated rings. The van der Waals surface area contributed by atoms with Crippen molar-refractivity contribution in [3.05, 3.63) is 34.3 Å². The maximum absolute atomic E-state index is 10.8. The van der Waals surface area contributed by atoms with Crippen molar-refractivity contribution in [2.75, 3.05) is 7.11 Å². The van der Waals surface area contributed by atoms with Crippen LogP contribution in [0.1, 0.15) is 17.5 Å². The maximum Gasteiger partial charge on any atom is 0.317 e. The van der Waals surface area contributed by atoms with Crippen molar-refractivity contribution in [3.8, 4) is 11.8 Å². The first-order valence-corrected chi connectivity index (χ1v) is 5.00. The van der Waals surface area contributed by atoms with Crippen LogP contribution in [0, 0.1) is 11.8 Å². The van der Waals surface area contributed by atoms with Crippen LogP contribution in [0.15, 0.2) is 18.2 Å². The van der Waals surface area contributed by atoms with Crippen molar-refractivity contribution in [3.63, 3.8) is 0 Å². The number of carbonyl (C=O) groups is 1. The van der Waals surface area contributed by atoms with Gasteiger partial charge in [-0.3, -0.25) is 4.79 Å². The number of benzene rings is 1. The van der Waals surface area contributed by atoms with Crippen molar-refractivity contribution in [2.45, 2.75) is 13.0 Å². The van der Waals surface area contributed by atoms with Gasteiger partial charge in [-0.2, -0.15) is 0 Å². The summed E-state index contributed by atoms with van der Waals surface area (Å²) < 4.78 is 4.45. The molecule has 1 rings (SSSR count). The second-order valence-corrected chi connectivity index (χ2v) is 3.43. The maximum atomic E-state index is 10.8. The molecule has 3 nitrogen and oxygen atoms in total. The Bertz CT molecular complexity index is 443. The minimum Gasteiger partial charge on any atom is -0.468 e. The highest BCUT2D eigenvalue weighted by Crippen LogP contribution is 2.16. The van der Waals surface area contributed by atoms with Crippen LogP contribution in [-0.4, -0.2) is 18.2 Å². The predicted octanol–water partition coefficient (Wildman–Crippen LogP) is 1.75. The van der Waals surface area contributed by atoms with Gasteiger partial charge in [-0.15, -0.1) is 0 Å². The first-order chi connectivity index (χ1) is 7.67. The SMILES string of the molecule is COC(=O)CC#Cc1cc(CO)ccc1Cl. The van der Waals surface area contributed by atoms with Gasteiger partial charge in [0.2, 0.25) is 0 Å². The Labute approximate surface area is 99.0 Å². The van der Waals surface area contributed by atoms with Gasteiger partial charge in [0, 0.05) is 5.56 Å². The molecule has 0 aromatic heterocycles. The Kier molecular flexibility index (Phi) is 4.84. The number of hydrogen-bond acceptors (Lipinski definition) is 3. The van der Waals surface area contributed by atoms with Crippen LogP contribution >= 0.6 is 11.6 Å². The van der Waals surface area contributed by atoms with Gasteiger partial charge >= 0.3 is 5.97 Å². The fourth-order valence-electron chi connectivity index (χ4n) is 1.05. The topological polar surface area (TPSA) is 46.5 Å². The summed E-state index contributed by atoms with van der Waals surface area (Å²) in [7, 11) is 1.31. The van der Waals surface area contributed by atoms with Gasteiger partial charge in [0.25, 0.3) is 0 Å². The summed E-state index contributed by atoms with van der Waals surface area (Å²) in [4.78, 5) is 10.8. The van der Waals surface area contributed by atoms with Crippen LogP contribution in [0.5, 0.6) is 0 Å². The van der Waals surface area contributed by atoms with E-state index in [-0.39, 0.29) is 19.0 Å². The van der Waals surface area contributed by atoms with Crippen LogP contribution in [-0.2, 0) is 16.1 Å². The van der Waals surface area contributed by atoms with Crippen LogP contribution in [0.25, 0.3) is 0 Å². The molecule has 84 valence electrons. The van der Waals surface area contributed by atoms with Crippen molar-refractivity contribution in [1.29, 1.82) is 0 Å². The molecule has 1 aromatic rings. The van der Waals surface area contributed by atoms with Crippen molar-refractivity contribution >= 4 is 17.6 Å². The number of methoxy groups -OCH3 is 1. The first-order valence-electron chi connectivity index (χ1n) is 4.62. The average Bonchev–Trinajstić information content (AvgIpc) is 2.31. The third-order valence-electron chi connectivity index (χ3n) is 1.90. The highest BCUT2D eigenvalue weighted by Gasteiger charge is 1.99. The zero-order valence-corrected chi connectivity index (χ0v) is 9.54. The number of ether oxygens (including phenoxy) is 1. The quantitative estimate of drug-likeness (QED) is 0.631. The highest BCUT2D eigenvalue weighted by molar-refractivity contribution is 6.31. The van der Waals surface area contributed by atoms with Crippen LogP contribution < -0.4 is 0 Å². The molecule has 1 aromatic carbocycles. The number of halogens is 1. The second-order valence-electron chi connectivity index (χ2n) is 3.03. The van der Waals surface area contributed by atoms with E-state index in [9.17, 15) is 4.79 Å². The Morgan fingerprint density at radius 1 is 1.56 bits per heavy atom. The minimum atomic E-state index is -0.387. The van der Waals surface area contributed by atoms with Gasteiger partial charge in [0.1, 0.15) is 6.42 Å². The summed E-state index contributed by atoms with van der Waals surface area (Å²) in [5.74, 6) is 5.03. The molecular weight excluding hydrogens is 228 g/mol. The number of rotatable bonds is 2. The van der Waals surface area contributed by atoms with E-state index in [0.717, 1.165) is 5.56 Å². The third-order valence-corrected chi connectivity index (χ3v) is 2.23. The highest BCUT2D eigenvalue weighted by atomic mass is 35.5. The molecule has 0 aliphatic carbocycles. The van der Waals surface area contributed by atoms with E-state index in [0.29, 0.717) is 10.6 Å². The Morgan fingerprint density at radius 3 is 2.94 bits per heavy atom. The van der Waals surface area contributed by atoms with Gasteiger partial charge < -0.3 is 9.84 Å². The van der Waals surface area contributed by atoms with E-state index < -0.39 is 0 Å². The molecular formula is C12H11ClO3. The Hall–Kier alpha value is -1.50. The number of aliphatic hydroxyl groups excluding tert-OH is 1. The van der Waals surface area contributed by atoms with E-state index in [4.69, 9.17) is 16.7 Å². The van der Waals surface area contributed by atoms with Gasteiger partial charge in [-0.1, -0.05) is 29.5 Å². The molecule has 0 saturated carbocycles. The molecule has 16 heavy (non-hydrogen) atoms. The molecule has 1 N–H and O–H groups in total. The van der Waals surface area contributed by atoms with Crippen LogP contribution in [0.4, 0.5) is 0 Å². The van der Waals surface area contributed by atoms with E-state index in [1.807, 2.05) is 0 Å². The normalized spacial score (nSPS) is 9.19. The Balaban J connectivity index is 2.83. The zero-order valence-electron chi connectivity index (χ0n) is 8.79. The van der Waals surface area contributed by atoms with Crippen LogP contribution in [0.2, 0.25) is 5.02 Å². The summed E-state index contributed by atoms with van der Waals surface area (Å²) in [6.45, 7) is -0.0666. The van der Waals surface area contributed by atoms with Crippen LogP contribution in [0.3, 0.4) is 0 Å². The number of hydrogen-bond donors (Lipinski definition) is 1. The largest absolute Gasteiger partial charge is 0.468 e. The summed E-state index contributed by atoms with van der Waals surface area (Å²) in [6, 6.07) is 5.07. The standard InChI is InChI=1S/C12H11ClO3/c1-16-12(15)4-2-3-10-7-9(8-14)5-6-11(10)13/h5-7,14H,4,8H2,1H3. The van der Waals surface area contributed by atoms with Gasteiger partial charge in [0.15, 0.2) is 0 Å². The summed E-state index contributed by atoms with van der Waals surface area (Å²) in [5.41, 5.74) is 1.32. The number of esters is 1. The molecule has 0 radical (unpaired) electrons. The molecule has 0 unspecified atom stereocenters. The zero-order chi connectivity index (χ0) is 12.0. The lowest BCUT2D eigenvalue weighted by atomic mass is 10.1. The minimum absolute atomic E-state index is 0.0240. The lowest BCUT2D eigenvalue weighted by Gasteiger charge is -1.99. The molecule has 0 atom stereocenters. The van der Waals surface area contributed by atoms with Gasteiger partial charge in [-0.05, 0) is 17.7 Å². The second kappa shape index (κ2) is 6.16. The summed E-state index contributed by atoms with van der Waals surface area (Å²) in [5, 5.41) is 9.43. The molecule has 0 spiro atoms. The average molecular weight is 239 g/mol. The van der Waals surface area contributed by atoms with Crippen molar-refractivity contribution in [1.82, 2.24) is 0 Å². The predicted molar refractivity (Wildman–Crippen MR) is 60.9 cm³/mol. The molecule has 0 aliphatic rings.